The molecule has 0 aliphatic heterocycles. The molecule has 222 valence electrons. The summed E-state index contributed by atoms with van der Waals surface area (Å²) in [5.41, 5.74) is 5.81. The van der Waals surface area contributed by atoms with E-state index < -0.39 is 5.97 Å². The van der Waals surface area contributed by atoms with E-state index >= 15 is 0 Å². The number of esters is 2. The second-order valence-electron chi connectivity index (χ2n) is 10.2. The van der Waals surface area contributed by atoms with E-state index in [9.17, 15) is 14.4 Å². The van der Waals surface area contributed by atoms with Crippen LogP contribution >= 0.6 is 0 Å². The minimum absolute atomic E-state index is 0.146. The molecule has 0 radical (unpaired) electrons. The predicted molar refractivity (Wildman–Crippen MR) is 162 cm³/mol. The first kappa shape index (κ1) is 35.1. The molecular formula is C34H44O7. The molecule has 2 rings (SSSR count). The van der Waals surface area contributed by atoms with E-state index in [1.54, 1.807) is 33.8 Å². The smallest absolute Gasteiger partial charge is 0.333 e. The van der Waals surface area contributed by atoms with Gasteiger partial charge in [-0.3, -0.25) is 0 Å². The number of carboxylic acids is 1. The fraction of sp³-hybridized carbons (Fsp3) is 0.382. The van der Waals surface area contributed by atoms with Gasteiger partial charge in [0.05, 0.1) is 19.8 Å². The molecule has 2 aromatic carbocycles. The molecule has 0 aliphatic rings. The van der Waals surface area contributed by atoms with Gasteiger partial charge >= 0.3 is 17.9 Å². The molecule has 0 heterocycles. The van der Waals surface area contributed by atoms with E-state index in [1.165, 1.54) is 16.7 Å². The number of hydrogen-bond donors (Lipinski definition) is 1. The normalized spacial score (nSPS) is 11.1. The van der Waals surface area contributed by atoms with Crippen LogP contribution in [0.15, 0.2) is 84.5 Å². The van der Waals surface area contributed by atoms with E-state index in [0.29, 0.717) is 43.0 Å². The predicted octanol–water partition coefficient (Wildman–Crippen LogP) is 6.39. The third-order valence-electron chi connectivity index (χ3n) is 6.44. The third-order valence-corrected chi connectivity index (χ3v) is 6.44. The van der Waals surface area contributed by atoms with Crippen LogP contribution in [0.4, 0.5) is 0 Å². The summed E-state index contributed by atoms with van der Waals surface area (Å²) in [6.07, 6.45) is 3.02. The van der Waals surface area contributed by atoms with Crippen LogP contribution in [0.3, 0.4) is 0 Å². The van der Waals surface area contributed by atoms with E-state index in [1.807, 2.05) is 0 Å². The van der Waals surface area contributed by atoms with Crippen LogP contribution in [-0.2, 0) is 46.9 Å². The van der Waals surface area contributed by atoms with Crippen LogP contribution in [0, 0.1) is 0 Å². The van der Waals surface area contributed by atoms with Crippen LogP contribution in [-0.4, -0.2) is 49.4 Å². The number of allylic oxidation sites excluding steroid dienone is 1. The molecule has 0 spiro atoms. The van der Waals surface area contributed by atoms with Crippen LogP contribution in [0.25, 0.3) is 0 Å². The molecule has 0 aliphatic carbocycles. The number of ether oxygens (including phenoxy) is 3. The topological polar surface area (TPSA) is 99.1 Å². The van der Waals surface area contributed by atoms with Crippen molar-refractivity contribution in [1.29, 1.82) is 0 Å². The number of rotatable bonds is 14. The molecular weight excluding hydrogens is 520 g/mol. The molecule has 0 aromatic heterocycles. The number of benzene rings is 2. The van der Waals surface area contributed by atoms with Gasteiger partial charge in [-0.15, -0.1) is 0 Å². The molecule has 41 heavy (non-hydrogen) atoms. The summed E-state index contributed by atoms with van der Waals surface area (Å²) in [7, 11) is 0. The van der Waals surface area contributed by atoms with E-state index in [-0.39, 0.29) is 24.0 Å². The maximum atomic E-state index is 11.5. The van der Waals surface area contributed by atoms with Crippen molar-refractivity contribution in [3.05, 3.63) is 107 Å². The Bertz CT molecular complexity index is 1200. The largest absolute Gasteiger partial charge is 0.478 e. The monoisotopic (exact) mass is 564 g/mol. The lowest BCUT2D eigenvalue weighted by Crippen LogP contribution is -2.19. The lowest BCUT2D eigenvalue weighted by Gasteiger charge is -2.26. The Hall–Kier alpha value is -3.97. The molecule has 0 amide bonds. The zero-order valence-corrected chi connectivity index (χ0v) is 25.2. The first-order valence-corrected chi connectivity index (χ1v) is 13.6. The van der Waals surface area contributed by atoms with Gasteiger partial charge in [0, 0.05) is 28.6 Å². The Balaban J connectivity index is 0.00000106. The second-order valence-corrected chi connectivity index (χ2v) is 10.2. The summed E-state index contributed by atoms with van der Waals surface area (Å²) in [4.78, 5) is 32.7. The molecule has 7 heteroatoms. The number of carbonyl (C=O) groups excluding carboxylic acids is 2. The van der Waals surface area contributed by atoms with E-state index in [0.717, 1.165) is 12.0 Å². The Morgan fingerprint density at radius 1 is 0.732 bits per heavy atom. The highest BCUT2D eigenvalue weighted by Gasteiger charge is 2.23. The molecule has 7 nitrogen and oxygen atoms in total. The van der Waals surface area contributed by atoms with Gasteiger partial charge in [-0.25, -0.2) is 14.4 Å². The quantitative estimate of drug-likeness (QED) is 0.161. The number of aliphatic carboxylic acids is 1. The van der Waals surface area contributed by atoms with Gasteiger partial charge in [0.25, 0.3) is 0 Å². The van der Waals surface area contributed by atoms with Gasteiger partial charge in [0.1, 0.15) is 6.61 Å². The number of carboxylic acid groups (broad SMARTS) is 1. The molecule has 0 saturated heterocycles. The van der Waals surface area contributed by atoms with Crippen molar-refractivity contribution in [1.82, 2.24) is 0 Å². The highest BCUT2D eigenvalue weighted by Crippen LogP contribution is 2.31. The SMILES string of the molecule is C=C(C)C(=O)OCCOCCc1ccc(C(C)(C)c2ccc(CCOC(=O)C(=C)C)cc2)cc1.CC=C(C)C(=O)O. The molecule has 0 unspecified atom stereocenters. The molecule has 1 N–H and O–H groups in total. The Kier molecular flexibility index (Phi) is 15.1. The van der Waals surface area contributed by atoms with Gasteiger partial charge in [0.2, 0.25) is 0 Å². The van der Waals surface area contributed by atoms with Crippen LogP contribution in [0.1, 0.15) is 63.8 Å². The molecule has 0 fully saturated rings. The van der Waals surface area contributed by atoms with Crippen molar-refractivity contribution < 1.29 is 33.7 Å². The fourth-order valence-corrected chi connectivity index (χ4v) is 3.46. The number of carbonyl (C=O) groups is 3. The van der Waals surface area contributed by atoms with Gasteiger partial charge in [0.15, 0.2) is 0 Å². The molecule has 0 saturated carbocycles. The fourth-order valence-electron chi connectivity index (χ4n) is 3.46. The maximum absolute atomic E-state index is 11.5. The van der Waals surface area contributed by atoms with E-state index in [2.05, 4.69) is 75.5 Å². The Labute approximate surface area is 244 Å². The summed E-state index contributed by atoms with van der Waals surface area (Å²) < 4.78 is 15.7. The Morgan fingerprint density at radius 2 is 1.15 bits per heavy atom. The van der Waals surface area contributed by atoms with Crippen LogP contribution < -0.4 is 0 Å². The lowest BCUT2D eigenvalue weighted by molar-refractivity contribution is -0.140. The first-order valence-electron chi connectivity index (χ1n) is 13.6. The zero-order chi connectivity index (χ0) is 31.0. The van der Waals surface area contributed by atoms with Crippen molar-refractivity contribution >= 4 is 17.9 Å². The summed E-state index contributed by atoms with van der Waals surface area (Å²) in [6.45, 7) is 19.6. The van der Waals surface area contributed by atoms with Crippen molar-refractivity contribution in [2.45, 2.75) is 59.8 Å². The molecule has 0 atom stereocenters. The molecule has 0 bridgehead atoms. The average molecular weight is 565 g/mol. The van der Waals surface area contributed by atoms with Gasteiger partial charge in [-0.2, -0.15) is 0 Å². The summed E-state index contributed by atoms with van der Waals surface area (Å²) in [6, 6.07) is 17.0. The third kappa shape index (κ3) is 12.8. The van der Waals surface area contributed by atoms with Crippen molar-refractivity contribution in [3.63, 3.8) is 0 Å². The van der Waals surface area contributed by atoms with Crippen LogP contribution in [0.2, 0.25) is 0 Å². The minimum atomic E-state index is -0.845. The van der Waals surface area contributed by atoms with Crippen LogP contribution in [0.5, 0.6) is 0 Å². The highest BCUT2D eigenvalue weighted by molar-refractivity contribution is 5.87. The highest BCUT2D eigenvalue weighted by atomic mass is 16.6. The average Bonchev–Trinajstić information content (AvgIpc) is 2.94. The Morgan fingerprint density at radius 3 is 1.51 bits per heavy atom. The molecule has 2 aromatic rings. The van der Waals surface area contributed by atoms with Crippen molar-refractivity contribution in [2.24, 2.45) is 0 Å². The first-order chi connectivity index (χ1) is 19.3. The van der Waals surface area contributed by atoms with Gasteiger partial charge in [-0.1, -0.05) is 81.6 Å². The van der Waals surface area contributed by atoms with Gasteiger partial charge < -0.3 is 19.3 Å². The summed E-state index contributed by atoms with van der Waals surface area (Å²) >= 11 is 0. The van der Waals surface area contributed by atoms with Gasteiger partial charge in [-0.05, 0) is 56.4 Å². The minimum Gasteiger partial charge on any atom is -0.478 e. The van der Waals surface area contributed by atoms with Crippen molar-refractivity contribution in [3.8, 4) is 0 Å². The van der Waals surface area contributed by atoms with Crippen molar-refractivity contribution in [2.75, 3.05) is 26.4 Å². The lowest BCUT2D eigenvalue weighted by atomic mass is 9.77. The number of hydrogen-bond acceptors (Lipinski definition) is 6. The summed E-state index contributed by atoms with van der Waals surface area (Å²) in [5, 5.41) is 8.11. The zero-order valence-electron chi connectivity index (χ0n) is 25.2. The maximum Gasteiger partial charge on any atom is 0.333 e. The second kappa shape index (κ2) is 17.7. The van der Waals surface area contributed by atoms with E-state index in [4.69, 9.17) is 19.3 Å². The summed E-state index contributed by atoms with van der Waals surface area (Å²) in [5.74, 6) is -1.58. The standard InChI is InChI=1S/C29H36O5.C5H8O2/c1-21(2)27(30)33-18-16-24-9-13-26(14-10-24)29(5,6)25-11-7-23(8-12-25)15-17-32-19-20-34-28(31)22(3)4;1-3-4(2)5(6)7/h7-14H,1,3,15-20H2,2,4-6H3;3H,1-2H3,(H,6,7).